The number of amides is 1. The fourth-order valence-corrected chi connectivity index (χ4v) is 2.62. The molecule has 2 aromatic carbocycles. The number of phenolic OH excluding ortho intramolecular Hbond substituents is 1. The van der Waals surface area contributed by atoms with E-state index in [9.17, 15) is 9.90 Å². The SMILES string of the molecule is CC(=NNC(=O)c1cc(C)ccc1O)c1c[nH]c2ccc(C)cc12. The highest BCUT2D eigenvalue weighted by Gasteiger charge is 2.12. The Hall–Kier alpha value is -3.08. The number of hydrogen-bond acceptors (Lipinski definition) is 3. The number of aromatic nitrogens is 1. The third-order valence-corrected chi connectivity index (χ3v) is 3.95. The Balaban J connectivity index is 1.86. The number of rotatable bonds is 3. The van der Waals surface area contributed by atoms with Crippen LogP contribution in [0.4, 0.5) is 0 Å². The van der Waals surface area contributed by atoms with Crippen LogP contribution in [0.1, 0.15) is 34.0 Å². The van der Waals surface area contributed by atoms with Crippen LogP contribution in [0.5, 0.6) is 5.75 Å². The van der Waals surface area contributed by atoms with E-state index in [1.54, 1.807) is 12.1 Å². The highest BCUT2D eigenvalue weighted by atomic mass is 16.3. The maximum absolute atomic E-state index is 12.2. The number of carbonyl (C=O) groups excluding carboxylic acids is 1. The Bertz CT molecular complexity index is 954. The van der Waals surface area contributed by atoms with Crippen molar-refractivity contribution in [3.63, 3.8) is 0 Å². The van der Waals surface area contributed by atoms with E-state index in [4.69, 9.17) is 0 Å². The molecular formula is C19H19N3O2. The van der Waals surface area contributed by atoms with Crippen LogP contribution in [0.2, 0.25) is 0 Å². The molecule has 0 saturated heterocycles. The lowest BCUT2D eigenvalue weighted by Gasteiger charge is -2.05. The van der Waals surface area contributed by atoms with Gasteiger partial charge in [0.2, 0.25) is 0 Å². The van der Waals surface area contributed by atoms with Crippen LogP contribution in [0, 0.1) is 13.8 Å². The second-order valence-electron chi connectivity index (χ2n) is 5.91. The van der Waals surface area contributed by atoms with Crippen LogP contribution in [0.3, 0.4) is 0 Å². The zero-order valence-electron chi connectivity index (χ0n) is 13.8. The average Bonchev–Trinajstić information content (AvgIpc) is 2.97. The molecule has 0 radical (unpaired) electrons. The summed E-state index contributed by atoms with van der Waals surface area (Å²) < 4.78 is 0. The molecule has 0 unspecified atom stereocenters. The maximum Gasteiger partial charge on any atom is 0.275 e. The van der Waals surface area contributed by atoms with Crippen LogP contribution >= 0.6 is 0 Å². The first-order chi connectivity index (χ1) is 11.5. The van der Waals surface area contributed by atoms with Crippen LogP contribution < -0.4 is 5.43 Å². The maximum atomic E-state index is 12.2. The average molecular weight is 321 g/mol. The first kappa shape index (κ1) is 15.8. The van der Waals surface area contributed by atoms with Crippen LogP contribution in [0.15, 0.2) is 47.7 Å². The summed E-state index contributed by atoms with van der Waals surface area (Å²) >= 11 is 0. The summed E-state index contributed by atoms with van der Waals surface area (Å²) in [6.07, 6.45) is 1.87. The van der Waals surface area contributed by atoms with Crippen molar-refractivity contribution in [3.05, 3.63) is 64.8 Å². The number of H-pyrrole nitrogens is 1. The standard InChI is InChI=1S/C19H19N3O2/c1-11-4-6-17-14(8-11)16(10-20-17)13(3)21-22-19(24)15-9-12(2)5-7-18(15)23/h4-10,20,23H,1-3H3,(H,22,24). The van der Waals surface area contributed by atoms with Gasteiger partial charge >= 0.3 is 0 Å². The van der Waals surface area contributed by atoms with Crippen molar-refractivity contribution in [2.45, 2.75) is 20.8 Å². The van der Waals surface area contributed by atoms with Gasteiger partial charge in [-0.05, 0) is 45.0 Å². The zero-order chi connectivity index (χ0) is 17.3. The number of carbonyl (C=O) groups is 1. The van der Waals surface area contributed by atoms with Crippen molar-refractivity contribution < 1.29 is 9.90 Å². The summed E-state index contributed by atoms with van der Waals surface area (Å²) in [6.45, 7) is 5.73. The molecule has 0 aliphatic rings. The van der Waals surface area contributed by atoms with Crippen molar-refractivity contribution in [1.82, 2.24) is 10.4 Å². The molecule has 0 fully saturated rings. The number of aromatic hydroxyl groups is 1. The van der Waals surface area contributed by atoms with Gasteiger partial charge in [0, 0.05) is 22.7 Å². The van der Waals surface area contributed by atoms with Crippen LogP contribution in [0.25, 0.3) is 10.9 Å². The molecular weight excluding hydrogens is 302 g/mol. The number of hydrazone groups is 1. The molecule has 0 spiro atoms. The molecule has 0 bridgehead atoms. The minimum Gasteiger partial charge on any atom is -0.507 e. The number of benzene rings is 2. The van der Waals surface area contributed by atoms with E-state index in [1.807, 2.05) is 39.1 Å². The minimum atomic E-state index is -0.438. The molecule has 0 saturated carbocycles. The summed E-state index contributed by atoms with van der Waals surface area (Å²) in [6, 6.07) is 11.0. The molecule has 0 aliphatic heterocycles. The number of phenols is 1. The van der Waals surface area contributed by atoms with Crippen molar-refractivity contribution in [2.75, 3.05) is 0 Å². The first-order valence-corrected chi connectivity index (χ1v) is 7.68. The molecule has 24 heavy (non-hydrogen) atoms. The van der Waals surface area contributed by atoms with E-state index in [0.29, 0.717) is 5.71 Å². The Morgan fingerprint density at radius 3 is 2.58 bits per heavy atom. The molecule has 3 rings (SSSR count). The van der Waals surface area contributed by atoms with Crippen molar-refractivity contribution in [2.24, 2.45) is 5.10 Å². The van der Waals surface area contributed by atoms with Gasteiger partial charge in [0.25, 0.3) is 5.91 Å². The van der Waals surface area contributed by atoms with E-state index >= 15 is 0 Å². The molecule has 1 heterocycles. The Morgan fingerprint density at radius 1 is 1.08 bits per heavy atom. The molecule has 1 amide bonds. The predicted molar refractivity (Wildman–Crippen MR) is 95.6 cm³/mol. The van der Waals surface area contributed by atoms with Crippen molar-refractivity contribution in [3.8, 4) is 5.75 Å². The largest absolute Gasteiger partial charge is 0.507 e. The molecule has 3 N–H and O–H groups in total. The quantitative estimate of drug-likeness (QED) is 0.509. The third kappa shape index (κ3) is 3.01. The molecule has 0 atom stereocenters. The summed E-state index contributed by atoms with van der Waals surface area (Å²) in [5, 5.41) is 15.1. The second kappa shape index (κ2) is 6.20. The van der Waals surface area contributed by atoms with Crippen molar-refractivity contribution >= 4 is 22.5 Å². The van der Waals surface area contributed by atoms with Gasteiger partial charge in [-0.1, -0.05) is 23.3 Å². The molecule has 1 aromatic heterocycles. The van der Waals surface area contributed by atoms with Gasteiger partial charge in [0.15, 0.2) is 0 Å². The van der Waals surface area contributed by atoms with E-state index in [-0.39, 0.29) is 11.3 Å². The third-order valence-electron chi connectivity index (χ3n) is 3.95. The van der Waals surface area contributed by atoms with Gasteiger partial charge in [0.05, 0.1) is 11.3 Å². The summed E-state index contributed by atoms with van der Waals surface area (Å²) in [7, 11) is 0. The Kier molecular flexibility index (Phi) is 4.08. The van der Waals surface area contributed by atoms with Crippen LogP contribution in [-0.2, 0) is 0 Å². The van der Waals surface area contributed by atoms with Gasteiger partial charge in [-0.2, -0.15) is 5.10 Å². The zero-order valence-corrected chi connectivity index (χ0v) is 13.8. The molecule has 0 aliphatic carbocycles. The van der Waals surface area contributed by atoms with Crippen LogP contribution in [-0.4, -0.2) is 21.7 Å². The lowest BCUT2D eigenvalue weighted by atomic mass is 10.1. The number of aromatic amines is 1. The molecule has 3 aromatic rings. The number of fused-ring (bicyclic) bond motifs is 1. The highest BCUT2D eigenvalue weighted by molar-refractivity contribution is 6.10. The van der Waals surface area contributed by atoms with Gasteiger partial charge in [-0.15, -0.1) is 0 Å². The fourth-order valence-electron chi connectivity index (χ4n) is 2.62. The van der Waals surface area contributed by atoms with E-state index < -0.39 is 5.91 Å². The number of nitrogens with one attached hydrogen (secondary N) is 2. The smallest absolute Gasteiger partial charge is 0.275 e. The second-order valence-corrected chi connectivity index (χ2v) is 5.91. The number of nitrogens with zero attached hydrogens (tertiary/aromatic N) is 1. The minimum absolute atomic E-state index is 0.0614. The molecule has 122 valence electrons. The van der Waals surface area contributed by atoms with Gasteiger partial charge < -0.3 is 10.1 Å². The fraction of sp³-hybridized carbons (Fsp3) is 0.158. The number of aryl methyl sites for hydroxylation is 2. The lowest BCUT2D eigenvalue weighted by molar-refractivity contribution is 0.0952. The summed E-state index contributed by atoms with van der Waals surface area (Å²) in [4.78, 5) is 15.4. The molecule has 5 nitrogen and oxygen atoms in total. The van der Waals surface area contributed by atoms with Crippen molar-refractivity contribution in [1.29, 1.82) is 0 Å². The lowest BCUT2D eigenvalue weighted by Crippen LogP contribution is -2.19. The van der Waals surface area contributed by atoms with Gasteiger partial charge in [-0.3, -0.25) is 4.79 Å². The van der Waals surface area contributed by atoms with Gasteiger partial charge in [-0.25, -0.2) is 5.43 Å². The predicted octanol–water partition coefficient (Wildman–Crippen LogP) is 3.64. The summed E-state index contributed by atoms with van der Waals surface area (Å²) in [5.74, 6) is -0.500. The van der Waals surface area contributed by atoms with E-state index in [1.165, 1.54) is 6.07 Å². The molecule has 5 heteroatoms. The number of hydrogen-bond donors (Lipinski definition) is 3. The highest BCUT2D eigenvalue weighted by Crippen LogP contribution is 2.21. The topological polar surface area (TPSA) is 77.5 Å². The Labute approximate surface area is 140 Å². The first-order valence-electron chi connectivity index (χ1n) is 7.68. The van der Waals surface area contributed by atoms with E-state index in [2.05, 4.69) is 21.6 Å². The van der Waals surface area contributed by atoms with Gasteiger partial charge in [0.1, 0.15) is 5.75 Å². The monoisotopic (exact) mass is 321 g/mol. The van der Waals surface area contributed by atoms with E-state index in [0.717, 1.165) is 27.6 Å². The Morgan fingerprint density at radius 2 is 1.79 bits per heavy atom. The normalized spacial score (nSPS) is 11.7. The summed E-state index contributed by atoms with van der Waals surface area (Å²) in [5.41, 5.74) is 7.41.